The predicted molar refractivity (Wildman–Crippen MR) is 133 cm³/mol. The van der Waals surface area contributed by atoms with Crippen molar-refractivity contribution in [3.8, 4) is 0 Å². The summed E-state index contributed by atoms with van der Waals surface area (Å²) in [7, 11) is 0. The number of rotatable bonds is 7. The molecule has 1 N–H and O–H groups in total. The Morgan fingerprint density at radius 3 is 2.21 bits per heavy atom. The number of hydrogen-bond acceptors (Lipinski definition) is 4. The van der Waals surface area contributed by atoms with Crippen LogP contribution >= 0.6 is 0 Å². The first-order chi connectivity index (χ1) is 16.5. The van der Waals surface area contributed by atoms with Crippen molar-refractivity contribution >= 4 is 17.4 Å². The van der Waals surface area contributed by atoms with Crippen LogP contribution in [0.4, 0.5) is 5.69 Å². The van der Waals surface area contributed by atoms with Gasteiger partial charge in [0.05, 0.1) is 18.8 Å². The van der Waals surface area contributed by atoms with Crippen LogP contribution in [0.3, 0.4) is 0 Å². The van der Waals surface area contributed by atoms with Crippen LogP contribution in [-0.2, 0) is 16.8 Å². The summed E-state index contributed by atoms with van der Waals surface area (Å²) in [6.45, 7) is 2.24. The van der Waals surface area contributed by atoms with E-state index in [4.69, 9.17) is 0 Å². The van der Waals surface area contributed by atoms with Crippen LogP contribution in [0, 0.1) is 5.92 Å². The molecule has 0 radical (unpaired) electrons. The lowest BCUT2D eigenvalue weighted by Gasteiger charge is -2.35. The summed E-state index contributed by atoms with van der Waals surface area (Å²) in [5, 5.41) is 11.5. The predicted octanol–water partition coefficient (Wildman–Crippen LogP) is 4.41. The maximum Gasteiger partial charge on any atom is 0.265 e. The fourth-order valence-electron chi connectivity index (χ4n) is 5.26. The first kappa shape index (κ1) is 22.5. The maximum absolute atomic E-state index is 13.5. The number of nitrogens with zero attached hydrogens (tertiary/aromatic N) is 2. The lowest BCUT2D eigenvalue weighted by atomic mass is 9.88. The topological polar surface area (TPSA) is 60.9 Å². The van der Waals surface area contributed by atoms with Crippen molar-refractivity contribution in [2.75, 3.05) is 24.7 Å². The van der Waals surface area contributed by atoms with E-state index in [0.29, 0.717) is 29.4 Å². The highest BCUT2D eigenvalue weighted by molar-refractivity contribution is 6.10. The van der Waals surface area contributed by atoms with Gasteiger partial charge in [0.15, 0.2) is 11.4 Å². The lowest BCUT2D eigenvalue weighted by molar-refractivity contribution is -0.136. The van der Waals surface area contributed by atoms with E-state index >= 15 is 0 Å². The average Bonchev–Trinajstić information content (AvgIpc) is 3.08. The first-order valence-corrected chi connectivity index (χ1v) is 12.0. The third-order valence-corrected chi connectivity index (χ3v) is 7.17. The Hall–Kier alpha value is -3.28. The SMILES string of the molecule is O=C(C[C@]1(O)C(=O)N(CN2CCC(Cc3ccccc3)CC2)c2ccccc21)c1ccccc1. The van der Waals surface area contributed by atoms with Gasteiger partial charge in [-0.1, -0.05) is 78.9 Å². The van der Waals surface area contributed by atoms with Gasteiger partial charge in [0.25, 0.3) is 5.91 Å². The summed E-state index contributed by atoms with van der Waals surface area (Å²) in [6, 6.07) is 26.7. The number of hydrogen-bond donors (Lipinski definition) is 1. The highest BCUT2D eigenvalue weighted by Crippen LogP contribution is 2.43. The minimum atomic E-state index is -1.84. The summed E-state index contributed by atoms with van der Waals surface area (Å²) in [6.07, 6.45) is 2.98. The second kappa shape index (κ2) is 9.53. The molecule has 0 aromatic heterocycles. The number of fused-ring (bicyclic) bond motifs is 1. The molecule has 1 saturated heterocycles. The van der Waals surface area contributed by atoms with E-state index in [1.807, 2.05) is 30.3 Å². The fourth-order valence-corrected chi connectivity index (χ4v) is 5.26. The normalized spacial score (nSPS) is 21.0. The molecule has 0 aliphatic carbocycles. The zero-order valence-electron chi connectivity index (χ0n) is 19.3. The van der Waals surface area contributed by atoms with Crippen LogP contribution in [0.1, 0.15) is 40.7 Å². The Balaban J connectivity index is 1.28. The summed E-state index contributed by atoms with van der Waals surface area (Å²) in [5.41, 5.74) is 1.25. The largest absolute Gasteiger partial charge is 0.375 e. The number of Topliss-reactive ketones (excluding diaryl/α,β-unsaturated/α-hetero) is 1. The van der Waals surface area contributed by atoms with E-state index in [9.17, 15) is 14.7 Å². The molecule has 0 unspecified atom stereocenters. The number of carbonyl (C=O) groups is 2. The molecule has 174 valence electrons. The number of anilines is 1. The second-order valence-corrected chi connectivity index (χ2v) is 9.47. The molecule has 5 rings (SSSR count). The average molecular weight is 455 g/mol. The van der Waals surface area contributed by atoms with Crippen LogP contribution in [0.5, 0.6) is 0 Å². The molecule has 2 aliphatic heterocycles. The molecule has 5 nitrogen and oxygen atoms in total. The second-order valence-electron chi connectivity index (χ2n) is 9.47. The van der Waals surface area contributed by atoms with Gasteiger partial charge >= 0.3 is 0 Å². The molecular weight excluding hydrogens is 424 g/mol. The van der Waals surface area contributed by atoms with Gasteiger partial charge in [-0.2, -0.15) is 0 Å². The maximum atomic E-state index is 13.5. The van der Waals surface area contributed by atoms with Crippen molar-refractivity contribution in [3.63, 3.8) is 0 Å². The van der Waals surface area contributed by atoms with Gasteiger partial charge in [-0.05, 0) is 36.8 Å². The molecule has 3 aromatic rings. The van der Waals surface area contributed by atoms with Gasteiger partial charge in [-0.25, -0.2) is 0 Å². The van der Waals surface area contributed by atoms with Gasteiger partial charge in [0, 0.05) is 24.2 Å². The molecule has 2 heterocycles. The number of para-hydroxylation sites is 1. The van der Waals surface area contributed by atoms with E-state index in [-0.39, 0.29) is 12.2 Å². The molecule has 0 saturated carbocycles. The zero-order valence-corrected chi connectivity index (χ0v) is 19.3. The highest BCUT2D eigenvalue weighted by atomic mass is 16.3. The molecule has 34 heavy (non-hydrogen) atoms. The Morgan fingerprint density at radius 1 is 0.882 bits per heavy atom. The Labute approximate surface area is 200 Å². The third kappa shape index (κ3) is 4.41. The van der Waals surface area contributed by atoms with Crippen molar-refractivity contribution in [1.82, 2.24) is 4.90 Å². The smallest absolute Gasteiger partial charge is 0.265 e. The van der Waals surface area contributed by atoms with E-state index in [1.165, 1.54) is 5.56 Å². The van der Waals surface area contributed by atoms with E-state index in [1.54, 1.807) is 35.2 Å². The van der Waals surface area contributed by atoms with Gasteiger partial charge in [-0.15, -0.1) is 0 Å². The number of amides is 1. The summed E-state index contributed by atoms with van der Waals surface area (Å²) in [4.78, 5) is 30.4. The van der Waals surface area contributed by atoms with Crippen molar-refractivity contribution in [3.05, 3.63) is 102 Å². The minimum absolute atomic E-state index is 0.241. The van der Waals surface area contributed by atoms with Crippen molar-refractivity contribution in [2.24, 2.45) is 5.92 Å². The lowest BCUT2D eigenvalue weighted by Crippen LogP contribution is -2.48. The summed E-state index contributed by atoms with van der Waals surface area (Å²) < 4.78 is 0. The molecule has 3 aromatic carbocycles. The molecule has 2 aliphatic rings. The summed E-state index contributed by atoms with van der Waals surface area (Å²) in [5.74, 6) is -0.0140. The number of aliphatic hydroxyl groups is 1. The van der Waals surface area contributed by atoms with Gasteiger partial charge in [0.1, 0.15) is 0 Å². The molecule has 1 amide bonds. The van der Waals surface area contributed by atoms with E-state index in [0.717, 1.165) is 32.4 Å². The molecule has 1 fully saturated rings. The highest BCUT2D eigenvalue weighted by Gasteiger charge is 2.51. The number of likely N-dealkylation sites (tertiary alicyclic amines) is 1. The molecular formula is C29H30N2O3. The monoisotopic (exact) mass is 454 g/mol. The van der Waals surface area contributed by atoms with Crippen molar-refractivity contribution in [1.29, 1.82) is 0 Å². The van der Waals surface area contributed by atoms with Gasteiger partial charge < -0.3 is 5.11 Å². The van der Waals surface area contributed by atoms with Crippen molar-refractivity contribution in [2.45, 2.75) is 31.3 Å². The van der Waals surface area contributed by atoms with Crippen LogP contribution in [-0.4, -0.2) is 41.5 Å². The van der Waals surface area contributed by atoms with Crippen LogP contribution in [0.2, 0.25) is 0 Å². The fraction of sp³-hybridized carbons (Fsp3) is 0.310. The zero-order chi connectivity index (χ0) is 23.5. The van der Waals surface area contributed by atoms with Crippen molar-refractivity contribution < 1.29 is 14.7 Å². The summed E-state index contributed by atoms with van der Waals surface area (Å²) >= 11 is 0. The van der Waals surface area contributed by atoms with Crippen LogP contribution in [0.25, 0.3) is 0 Å². The third-order valence-electron chi connectivity index (χ3n) is 7.17. The molecule has 0 bridgehead atoms. The van der Waals surface area contributed by atoms with Crippen LogP contribution < -0.4 is 4.90 Å². The minimum Gasteiger partial charge on any atom is -0.375 e. The van der Waals surface area contributed by atoms with Crippen LogP contribution in [0.15, 0.2) is 84.9 Å². The Kier molecular flexibility index (Phi) is 6.31. The Morgan fingerprint density at radius 2 is 1.50 bits per heavy atom. The molecule has 5 heteroatoms. The molecule has 0 spiro atoms. The number of carbonyl (C=O) groups excluding carboxylic acids is 2. The first-order valence-electron chi connectivity index (χ1n) is 12.0. The number of benzene rings is 3. The van der Waals surface area contributed by atoms with E-state index < -0.39 is 11.5 Å². The number of ketones is 1. The number of piperidine rings is 1. The van der Waals surface area contributed by atoms with E-state index in [2.05, 4.69) is 29.2 Å². The Bertz CT molecular complexity index is 1160. The molecule has 1 atom stereocenters. The van der Waals surface area contributed by atoms with Gasteiger partial charge in [-0.3, -0.25) is 19.4 Å². The van der Waals surface area contributed by atoms with Gasteiger partial charge in [0.2, 0.25) is 0 Å². The standard InChI is InChI=1S/C29H30N2O3/c32-27(24-11-5-2-6-12-24)20-29(34)25-13-7-8-14-26(25)31(28(29)33)21-30-17-15-23(16-18-30)19-22-9-3-1-4-10-22/h1-14,23,34H,15-21H2/t29-/m1/s1. The quantitative estimate of drug-likeness (QED) is 0.538.